The zero-order valence-electron chi connectivity index (χ0n) is 50.2. The SMILES string of the molecule is Cc1c(C)[n+](C)c([Si@H]([P-]c2c(C(C)C)cc(C(C)C)cc2C(C)C)c2c(-c3c(C(C)C)cc(C(C)C)cc3C(C)C)cccc2-c2c(C(C)C)cc(C(C)C)cc2C(C)C)n1C.c1ccccc1.c1ccccc1. The average molecular weight is 1030 g/mol. The van der Waals surface area contributed by atoms with Crippen LogP contribution in [0.25, 0.3) is 22.3 Å². The Labute approximate surface area is 456 Å². The van der Waals surface area contributed by atoms with Crippen molar-refractivity contribution in [3.8, 4) is 22.3 Å². The van der Waals surface area contributed by atoms with E-state index in [0.717, 1.165) is 0 Å². The van der Waals surface area contributed by atoms with Gasteiger partial charge in [-0.05, 0) is 114 Å². The smallest absolute Gasteiger partial charge is 0.193 e. The third-order valence-electron chi connectivity index (χ3n) is 15.3. The highest BCUT2D eigenvalue weighted by molar-refractivity contribution is 7.86. The molecule has 1 atom stereocenters. The summed E-state index contributed by atoms with van der Waals surface area (Å²) < 4.78 is 5.19. The van der Waals surface area contributed by atoms with Crippen LogP contribution in [0.2, 0.25) is 0 Å². The zero-order chi connectivity index (χ0) is 54.9. The highest BCUT2D eigenvalue weighted by Gasteiger charge is 2.33. The first kappa shape index (κ1) is 60.0. The van der Waals surface area contributed by atoms with Crippen LogP contribution in [0.5, 0.6) is 0 Å². The predicted molar refractivity (Wildman–Crippen MR) is 332 cm³/mol. The maximum absolute atomic E-state index is 2.59. The minimum atomic E-state index is -2.23. The van der Waals surface area contributed by atoms with Crippen molar-refractivity contribution in [1.29, 1.82) is 0 Å². The van der Waals surface area contributed by atoms with Gasteiger partial charge in [-0.2, -0.15) is 5.30 Å². The van der Waals surface area contributed by atoms with Gasteiger partial charge in [-0.25, -0.2) is 9.13 Å². The molecular weight excluding hydrogens is 928 g/mol. The second kappa shape index (κ2) is 26.8. The van der Waals surface area contributed by atoms with E-state index in [1.807, 2.05) is 72.8 Å². The minimum absolute atomic E-state index is 0.373. The van der Waals surface area contributed by atoms with Gasteiger partial charge in [-0.15, -0.1) is 0 Å². The van der Waals surface area contributed by atoms with E-state index in [1.165, 1.54) is 97.3 Å². The van der Waals surface area contributed by atoms with Crippen LogP contribution in [-0.2, 0) is 14.1 Å². The van der Waals surface area contributed by atoms with Gasteiger partial charge in [0, 0.05) is 13.8 Å². The number of rotatable bonds is 15. The van der Waals surface area contributed by atoms with Gasteiger partial charge in [0.2, 0.25) is 0 Å². The average Bonchev–Trinajstić information content (AvgIpc) is 3.56. The van der Waals surface area contributed by atoms with Gasteiger partial charge in [-0.3, -0.25) is 0 Å². The van der Waals surface area contributed by atoms with E-state index in [0.29, 0.717) is 53.3 Å². The molecule has 4 heteroatoms. The van der Waals surface area contributed by atoms with E-state index >= 15 is 0 Å². The summed E-state index contributed by atoms with van der Waals surface area (Å²) in [4.78, 5) is 0. The summed E-state index contributed by atoms with van der Waals surface area (Å²) in [6.07, 6.45) is 0. The van der Waals surface area contributed by atoms with E-state index < -0.39 is 8.46 Å². The largest absolute Gasteiger partial charge is 0.492 e. The van der Waals surface area contributed by atoms with Gasteiger partial charge in [0.05, 0.1) is 22.6 Å². The molecule has 0 aliphatic heterocycles. The van der Waals surface area contributed by atoms with Crippen molar-refractivity contribution in [2.24, 2.45) is 14.1 Å². The maximum atomic E-state index is 2.59. The van der Waals surface area contributed by atoms with Crippen molar-refractivity contribution in [3.05, 3.63) is 189 Å². The van der Waals surface area contributed by atoms with E-state index in [-0.39, 0.29) is 0 Å². The molecule has 1 aromatic heterocycles. The first-order chi connectivity index (χ1) is 34.9. The summed E-state index contributed by atoms with van der Waals surface area (Å²) in [7, 11) is 3.94. The number of hydrogen-bond acceptors (Lipinski definition) is 0. The normalized spacial score (nSPS) is 12.4. The Morgan fingerprint density at radius 1 is 0.392 bits per heavy atom. The molecule has 0 bridgehead atoms. The lowest BCUT2D eigenvalue weighted by Gasteiger charge is -2.38. The Bertz CT molecular complexity index is 2600. The molecule has 1 heterocycles. The molecule has 0 saturated carbocycles. The van der Waals surface area contributed by atoms with Crippen molar-refractivity contribution in [2.75, 3.05) is 0 Å². The standard InChI is InChI=1S/C58H85N2PSi.2C6H6/c1-32(2)43-26-48(35(7)8)54(49(27-43)36(9)10)46-24-23-25-47(55-50(37(11)12)28-44(33(3)4)29-51(55)38(13)14)57(46)62(58-59(21)41(19)42(20)60(58)22)61-56-52(39(15)16)30-45(34(5)6)31-53(56)40(17)18;2*1-2-4-6-5-3-1/h23-40,62H,1-22H3;2*1-6H/t62-;;/m1../s1. The first-order valence-corrected chi connectivity index (χ1v) is 32.0. The Balaban J connectivity index is 0.000000738. The van der Waals surface area contributed by atoms with Crippen molar-refractivity contribution < 1.29 is 4.57 Å². The molecule has 74 heavy (non-hydrogen) atoms. The fourth-order valence-electron chi connectivity index (χ4n) is 10.5. The predicted octanol–water partition coefficient (Wildman–Crippen LogP) is 18.4. The molecule has 6 aromatic carbocycles. The summed E-state index contributed by atoms with van der Waals surface area (Å²) in [6.45, 7) is 47.9. The van der Waals surface area contributed by atoms with Crippen LogP contribution < -0.4 is 20.5 Å². The number of benzene rings is 6. The molecule has 7 rings (SSSR count). The van der Waals surface area contributed by atoms with E-state index in [9.17, 15) is 0 Å². The molecule has 0 spiro atoms. The monoisotopic (exact) mass is 1020 g/mol. The highest BCUT2D eigenvalue weighted by atomic mass is 31.3. The zero-order valence-corrected chi connectivity index (χ0v) is 52.3. The van der Waals surface area contributed by atoms with Crippen LogP contribution in [0, 0.1) is 13.8 Å². The topological polar surface area (TPSA) is 8.81 Å². The highest BCUT2D eigenvalue weighted by Crippen LogP contribution is 2.44. The lowest BCUT2D eigenvalue weighted by atomic mass is 9.79. The first-order valence-electron chi connectivity index (χ1n) is 28.3. The van der Waals surface area contributed by atoms with Crippen LogP contribution in [0.3, 0.4) is 0 Å². The Hall–Kier alpha value is -4.82. The summed E-state index contributed by atoms with van der Waals surface area (Å²) in [5.74, 6) is 3.70. The van der Waals surface area contributed by atoms with Crippen molar-refractivity contribution in [2.45, 2.75) is 192 Å². The minimum Gasteiger partial charge on any atom is -0.492 e. The Kier molecular flexibility index (Phi) is 21.7. The van der Waals surface area contributed by atoms with Crippen molar-refractivity contribution >= 4 is 32.5 Å². The lowest BCUT2D eigenvalue weighted by molar-refractivity contribution is -0.659. The maximum Gasteiger partial charge on any atom is 0.193 e. The molecule has 0 radical (unpaired) electrons. The summed E-state index contributed by atoms with van der Waals surface area (Å²) >= 11 is 0. The molecule has 0 aliphatic rings. The summed E-state index contributed by atoms with van der Waals surface area (Å²) in [5.41, 5.74) is 23.5. The number of imidazole rings is 1. The van der Waals surface area contributed by atoms with E-state index in [2.05, 4.69) is 216 Å². The third kappa shape index (κ3) is 14.0. The molecule has 0 saturated heterocycles. The van der Waals surface area contributed by atoms with Gasteiger partial charge in [0.25, 0.3) is 0 Å². The van der Waals surface area contributed by atoms with Gasteiger partial charge in [-0.1, -0.05) is 268 Å². The van der Waals surface area contributed by atoms with Crippen LogP contribution in [0.4, 0.5) is 0 Å². The Morgan fingerprint density at radius 3 is 0.892 bits per heavy atom. The van der Waals surface area contributed by atoms with E-state index in [4.69, 9.17) is 0 Å². The van der Waals surface area contributed by atoms with Crippen LogP contribution in [0.15, 0.2) is 127 Å². The summed E-state index contributed by atoms with van der Waals surface area (Å²) in [5, 5.41) is 3.17. The van der Waals surface area contributed by atoms with Crippen LogP contribution >= 0.6 is 8.13 Å². The molecule has 0 amide bonds. The molecule has 0 unspecified atom stereocenters. The quantitative estimate of drug-likeness (QED) is 0.0550. The van der Waals surface area contributed by atoms with Gasteiger partial charge >= 0.3 is 0 Å². The number of nitrogens with zero attached hydrogens (tertiary/aromatic N) is 2. The van der Waals surface area contributed by atoms with Crippen molar-refractivity contribution in [1.82, 2.24) is 4.57 Å². The molecule has 396 valence electrons. The van der Waals surface area contributed by atoms with E-state index in [1.54, 1.807) is 10.5 Å². The van der Waals surface area contributed by atoms with Gasteiger partial charge < -0.3 is 8.13 Å². The van der Waals surface area contributed by atoms with Gasteiger partial charge in [0.15, 0.2) is 5.45 Å². The lowest BCUT2D eigenvalue weighted by Crippen LogP contribution is -2.60. The number of hydrogen-bond donors (Lipinski definition) is 0. The second-order valence-corrected chi connectivity index (χ2v) is 28.8. The third-order valence-corrected chi connectivity index (χ3v) is 21.8. The van der Waals surface area contributed by atoms with Crippen LogP contribution in [-0.4, -0.2) is 13.0 Å². The Morgan fingerprint density at radius 2 is 0.662 bits per heavy atom. The van der Waals surface area contributed by atoms with Crippen molar-refractivity contribution in [3.63, 3.8) is 0 Å². The number of aromatic nitrogens is 2. The van der Waals surface area contributed by atoms with Gasteiger partial charge in [0.1, 0.15) is 11.4 Å². The molecule has 0 aliphatic carbocycles. The second-order valence-electron chi connectivity index (χ2n) is 23.8. The fraction of sp³-hybridized carbons (Fsp3) is 0.443. The molecular formula is C70H97N2PSi. The van der Waals surface area contributed by atoms with Crippen LogP contribution in [0.1, 0.15) is 239 Å². The fourth-order valence-corrected chi connectivity index (χ4v) is 18.6. The molecule has 0 fully saturated rings. The molecule has 7 aromatic rings. The molecule has 0 N–H and O–H groups in total. The molecule has 2 nitrogen and oxygen atoms in total. The summed E-state index contributed by atoms with van der Waals surface area (Å²) in [6, 6.07) is 47.0.